The third kappa shape index (κ3) is 6.41. The number of nitrogens with one attached hydrogen (secondary N) is 2. The Morgan fingerprint density at radius 3 is 2.75 bits per heavy atom. The number of halogens is 2. The highest BCUT2D eigenvalue weighted by Crippen LogP contribution is 2.09. The average molecular weight is 340 g/mol. The molecule has 0 aliphatic carbocycles. The predicted molar refractivity (Wildman–Crippen MR) is 91.1 cm³/mol. The fraction of sp³-hybridized carbons (Fsp3) is 0.588. The first-order chi connectivity index (χ1) is 11.7. The molecule has 0 bridgehead atoms. The Balaban J connectivity index is 1.62. The van der Waals surface area contributed by atoms with E-state index in [1.54, 1.807) is 7.05 Å². The topological polar surface area (TPSA) is 48.9 Å². The summed E-state index contributed by atoms with van der Waals surface area (Å²) < 4.78 is 32.0. The number of guanidine groups is 1. The molecular formula is C17H26F2N4O. The van der Waals surface area contributed by atoms with Crippen LogP contribution in [0, 0.1) is 11.6 Å². The summed E-state index contributed by atoms with van der Waals surface area (Å²) in [6.45, 7) is 5.72. The van der Waals surface area contributed by atoms with Crippen LogP contribution >= 0.6 is 0 Å². The van der Waals surface area contributed by atoms with Crippen LogP contribution in [0.3, 0.4) is 0 Å². The molecule has 2 N–H and O–H groups in total. The lowest BCUT2D eigenvalue weighted by Gasteiger charge is -2.26. The Bertz CT molecular complexity index is 533. The van der Waals surface area contributed by atoms with Crippen molar-refractivity contribution in [3.05, 3.63) is 35.4 Å². The SMILES string of the molecule is CN=C(NCCCCN1CCOCC1)NCc1cc(F)ccc1F. The Labute approximate surface area is 142 Å². The predicted octanol–water partition coefficient (Wildman–Crippen LogP) is 1.74. The molecule has 1 heterocycles. The van der Waals surface area contributed by atoms with Crippen molar-refractivity contribution in [1.82, 2.24) is 15.5 Å². The molecule has 0 spiro atoms. The molecule has 0 amide bonds. The van der Waals surface area contributed by atoms with Gasteiger partial charge in [0.2, 0.25) is 0 Å². The van der Waals surface area contributed by atoms with E-state index in [1.807, 2.05) is 0 Å². The van der Waals surface area contributed by atoms with Gasteiger partial charge in [-0.2, -0.15) is 0 Å². The Morgan fingerprint density at radius 1 is 1.21 bits per heavy atom. The monoisotopic (exact) mass is 340 g/mol. The molecular weight excluding hydrogens is 314 g/mol. The van der Waals surface area contributed by atoms with Crippen molar-refractivity contribution in [1.29, 1.82) is 0 Å². The molecule has 7 heteroatoms. The van der Waals surface area contributed by atoms with Crippen LogP contribution in [0.25, 0.3) is 0 Å². The summed E-state index contributed by atoms with van der Waals surface area (Å²) in [5.41, 5.74) is 0.283. The van der Waals surface area contributed by atoms with E-state index in [2.05, 4.69) is 20.5 Å². The lowest BCUT2D eigenvalue weighted by Crippen LogP contribution is -2.38. The fourth-order valence-corrected chi connectivity index (χ4v) is 2.57. The molecule has 2 rings (SSSR count). The summed E-state index contributed by atoms with van der Waals surface area (Å²) in [6, 6.07) is 3.44. The molecule has 0 atom stereocenters. The van der Waals surface area contributed by atoms with Crippen LogP contribution in [0.1, 0.15) is 18.4 Å². The van der Waals surface area contributed by atoms with E-state index in [-0.39, 0.29) is 12.1 Å². The second-order valence-electron chi connectivity index (χ2n) is 5.75. The molecule has 1 saturated heterocycles. The van der Waals surface area contributed by atoms with Crippen LogP contribution in [-0.4, -0.2) is 57.3 Å². The Morgan fingerprint density at radius 2 is 2.00 bits per heavy atom. The van der Waals surface area contributed by atoms with Gasteiger partial charge in [0.15, 0.2) is 5.96 Å². The molecule has 1 aliphatic heterocycles. The Kier molecular flexibility index (Phi) is 7.91. The van der Waals surface area contributed by atoms with Gasteiger partial charge >= 0.3 is 0 Å². The van der Waals surface area contributed by atoms with Crippen LogP contribution in [-0.2, 0) is 11.3 Å². The first-order valence-corrected chi connectivity index (χ1v) is 8.37. The number of nitrogens with zero attached hydrogens (tertiary/aromatic N) is 2. The molecule has 1 aliphatic rings. The molecule has 24 heavy (non-hydrogen) atoms. The normalized spacial score (nSPS) is 16.2. The van der Waals surface area contributed by atoms with E-state index in [9.17, 15) is 8.78 Å². The zero-order valence-corrected chi connectivity index (χ0v) is 14.2. The molecule has 0 saturated carbocycles. The number of rotatable bonds is 7. The molecule has 0 aromatic heterocycles. The highest BCUT2D eigenvalue weighted by Gasteiger charge is 2.09. The van der Waals surface area contributed by atoms with Crippen molar-refractivity contribution in [3.8, 4) is 0 Å². The van der Waals surface area contributed by atoms with E-state index < -0.39 is 11.6 Å². The summed E-state index contributed by atoms with van der Waals surface area (Å²) in [6.07, 6.45) is 2.12. The maximum Gasteiger partial charge on any atom is 0.191 e. The lowest BCUT2D eigenvalue weighted by molar-refractivity contribution is 0.0372. The molecule has 0 unspecified atom stereocenters. The zero-order valence-electron chi connectivity index (χ0n) is 14.2. The minimum atomic E-state index is -0.445. The standard InChI is InChI=1S/C17H26F2N4O/c1-20-17(22-13-14-12-15(18)4-5-16(14)19)21-6-2-3-7-23-8-10-24-11-9-23/h4-5,12H,2-3,6-11,13H2,1H3,(H2,20,21,22). The van der Waals surface area contributed by atoms with Crippen molar-refractivity contribution >= 4 is 5.96 Å². The van der Waals surface area contributed by atoms with Gasteiger partial charge in [0.1, 0.15) is 11.6 Å². The molecule has 0 radical (unpaired) electrons. The van der Waals surface area contributed by atoms with Gasteiger partial charge in [-0.05, 0) is 37.6 Å². The van der Waals surface area contributed by atoms with Crippen molar-refractivity contribution in [3.63, 3.8) is 0 Å². The first kappa shape index (κ1) is 18.6. The number of morpholine rings is 1. The van der Waals surface area contributed by atoms with Gasteiger partial charge in [0.25, 0.3) is 0 Å². The summed E-state index contributed by atoms with van der Waals surface area (Å²) in [4.78, 5) is 6.50. The number of ether oxygens (including phenoxy) is 1. The number of hydrogen-bond donors (Lipinski definition) is 2. The second kappa shape index (κ2) is 10.2. The Hall–Kier alpha value is -1.73. The smallest absolute Gasteiger partial charge is 0.191 e. The van der Waals surface area contributed by atoms with E-state index in [0.29, 0.717) is 5.96 Å². The van der Waals surface area contributed by atoms with Gasteiger partial charge < -0.3 is 15.4 Å². The van der Waals surface area contributed by atoms with Crippen molar-refractivity contribution in [2.24, 2.45) is 4.99 Å². The number of hydrogen-bond acceptors (Lipinski definition) is 3. The molecule has 134 valence electrons. The van der Waals surface area contributed by atoms with Gasteiger partial charge in [-0.15, -0.1) is 0 Å². The van der Waals surface area contributed by atoms with Crippen LogP contribution in [0.2, 0.25) is 0 Å². The summed E-state index contributed by atoms with van der Waals surface area (Å²) in [5, 5.41) is 6.19. The van der Waals surface area contributed by atoms with Gasteiger partial charge in [0, 0.05) is 38.8 Å². The largest absolute Gasteiger partial charge is 0.379 e. The van der Waals surface area contributed by atoms with Gasteiger partial charge in [0.05, 0.1) is 13.2 Å². The maximum absolute atomic E-state index is 13.6. The summed E-state index contributed by atoms with van der Waals surface area (Å²) >= 11 is 0. The molecule has 5 nitrogen and oxygen atoms in total. The molecule has 1 aromatic carbocycles. The quantitative estimate of drug-likeness (QED) is 0.451. The van der Waals surface area contributed by atoms with Crippen LogP contribution in [0.15, 0.2) is 23.2 Å². The third-order valence-electron chi connectivity index (χ3n) is 3.97. The van der Waals surface area contributed by atoms with Crippen molar-refractivity contribution in [2.75, 3.05) is 46.4 Å². The zero-order chi connectivity index (χ0) is 17.2. The van der Waals surface area contributed by atoms with Gasteiger partial charge in [-0.25, -0.2) is 8.78 Å². The van der Waals surface area contributed by atoms with E-state index >= 15 is 0 Å². The third-order valence-corrected chi connectivity index (χ3v) is 3.97. The average Bonchev–Trinajstić information content (AvgIpc) is 2.61. The fourth-order valence-electron chi connectivity index (χ4n) is 2.57. The van der Waals surface area contributed by atoms with Crippen LogP contribution in [0.4, 0.5) is 8.78 Å². The van der Waals surface area contributed by atoms with Gasteiger partial charge in [-0.1, -0.05) is 0 Å². The van der Waals surface area contributed by atoms with Crippen molar-refractivity contribution < 1.29 is 13.5 Å². The van der Waals surface area contributed by atoms with E-state index in [4.69, 9.17) is 4.74 Å². The van der Waals surface area contributed by atoms with E-state index in [0.717, 1.165) is 64.4 Å². The lowest BCUT2D eigenvalue weighted by atomic mass is 10.2. The maximum atomic E-state index is 13.6. The molecule has 1 fully saturated rings. The van der Waals surface area contributed by atoms with E-state index in [1.165, 1.54) is 6.07 Å². The van der Waals surface area contributed by atoms with Gasteiger partial charge in [-0.3, -0.25) is 9.89 Å². The highest BCUT2D eigenvalue weighted by atomic mass is 19.1. The number of benzene rings is 1. The number of unbranched alkanes of at least 4 members (excludes halogenated alkanes) is 1. The first-order valence-electron chi connectivity index (χ1n) is 8.37. The van der Waals surface area contributed by atoms with Crippen molar-refractivity contribution in [2.45, 2.75) is 19.4 Å². The minimum Gasteiger partial charge on any atom is -0.379 e. The second-order valence-corrected chi connectivity index (χ2v) is 5.75. The molecule has 1 aromatic rings. The number of aliphatic imine (C=N–C) groups is 1. The van der Waals surface area contributed by atoms with Crippen LogP contribution in [0.5, 0.6) is 0 Å². The van der Waals surface area contributed by atoms with Crippen LogP contribution < -0.4 is 10.6 Å². The summed E-state index contributed by atoms with van der Waals surface area (Å²) in [7, 11) is 1.66. The summed E-state index contributed by atoms with van der Waals surface area (Å²) in [5.74, 6) is -0.283. The minimum absolute atomic E-state index is 0.192. The highest BCUT2D eigenvalue weighted by molar-refractivity contribution is 5.79.